The van der Waals surface area contributed by atoms with Gasteiger partial charge < -0.3 is 5.32 Å². The lowest BCUT2D eigenvalue weighted by Gasteiger charge is -2.18. The van der Waals surface area contributed by atoms with Crippen molar-refractivity contribution in [1.29, 1.82) is 0 Å². The Morgan fingerprint density at radius 1 is 0.792 bits per heavy atom. The predicted molar refractivity (Wildman–Crippen MR) is 107 cm³/mol. The number of rotatable bonds is 5. The maximum absolute atomic E-state index is 12.5. The number of nitrogens with one attached hydrogen (secondary N) is 1. The maximum atomic E-state index is 12.5. The third-order valence-corrected chi connectivity index (χ3v) is 4.64. The highest BCUT2D eigenvalue weighted by molar-refractivity contribution is 14.1. The van der Waals surface area contributed by atoms with E-state index in [1.807, 2.05) is 60.7 Å². The van der Waals surface area contributed by atoms with E-state index in [2.05, 4.69) is 52.2 Å². The molecule has 0 aliphatic heterocycles. The summed E-state index contributed by atoms with van der Waals surface area (Å²) >= 11 is 2.25. The molecule has 0 saturated heterocycles. The SMILES string of the molecule is O=C(CC(c1ccccc1)c1ccccc1)Nc1ccc(I)cc1. The molecule has 0 radical (unpaired) electrons. The first-order chi connectivity index (χ1) is 11.7. The Hall–Kier alpha value is -2.14. The molecule has 0 atom stereocenters. The molecule has 3 rings (SSSR count). The van der Waals surface area contributed by atoms with Crippen molar-refractivity contribution in [2.45, 2.75) is 12.3 Å². The van der Waals surface area contributed by atoms with E-state index >= 15 is 0 Å². The van der Waals surface area contributed by atoms with E-state index in [0.29, 0.717) is 6.42 Å². The molecule has 3 aromatic carbocycles. The van der Waals surface area contributed by atoms with E-state index in [4.69, 9.17) is 0 Å². The van der Waals surface area contributed by atoms with Gasteiger partial charge in [-0.3, -0.25) is 4.79 Å². The standard InChI is InChI=1S/C21H18INO/c22-18-11-13-19(14-12-18)23-21(24)15-20(16-7-3-1-4-8-16)17-9-5-2-6-10-17/h1-14,20H,15H2,(H,23,24). The number of hydrogen-bond acceptors (Lipinski definition) is 1. The van der Waals surface area contributed by atoms with Crippen molar-refractivity contribution in [3.8, 4) is 0 Å². The fraction of sp³-hybridized carbons (Fsp3) is 0.0952. The van der Waals surface area contributed by atoms with E-state index in [9.17, 15) is 4.79 Å². The van der Waals surface area contributed by atoms with Crippen molar-refractivity contribution in [2.24, 2.45) is 0 Å². The summed E-state index contributed by atoms with van der Waals surface area (Å²) in [5.74, 6) is 0.0742. The summed E-state index contributed by atoms with van der Waals surface area (Å²) in [7, 11) is 0. The van der Waals surface area contributed by atoms with Crippen LogP contribution in [-0.4, -0.2) is 5.91 Å². The minimum absolute atomic E-state index is 0.0221. The molecule has 0 heterocycles. The first-order valence-corrected chi connectivity index (χ1v) is 8.95. The van der Waals surface area contributed by atoms with Crippen molar-refractivity contribution in [3.05, 3.63) is 99.6 Å². The summed E-state index contributed by atoms with van der Waals surface area (Å²) in [5, 5.41) is 3.00. The van der Waals surface area contributed by atoms with Gasteiger partial charge in [0.05, 0.1) is 0 Å². The molecule has 0 bridgehead atoms. The van der Waals surface area contributed by atoms with E-state index < -0.39 is 0 Å². The summed E-state index contributed by atoms with van der Waals surface area (Å²) < 4.78 is 1.15. The van der Waals surface area contributed by atoms with Crippen molar-refractivity contribution in [2.75, 3.05) is 5.32 Å². The third kappa shape index (κ3) is 4.45. The lowest BCUT2D eigenvalue weighted by molar-refractivity contribution is -0.116. The number of amides is 1. The van der Waals surface area contributed by atoms with Crippen LogP contribution in [0.15, 0.2) is 84.9 Å². The van der Waals surface area contributed by atoms with Gasteiger partial charge in [-0.25, -0.2) is 0 Å². The summed E-state index contributed by atoms with van der Waals surface area (Å²) in [5.41, 5.74) is 3.14. The fourth-order valence-corrected chi connectivity index (χ4v) is 3.09. The molecule has 3 aromatic rings. The molecule has 0 unspecified atom stereocenters. The summed E-state index contributed by atoms with van der Waals surface area (Å²) in [6.45, 7) is 0. The normalized spacial score (nSPS) is 10.6. The second-order valence-electron chi connectivity index (χ2n) is 5.63. The Morgan fingerprint density at radius 3 is 1.79 bits per heavy atom. The zero-order valence-electron chi connectivity index (χ0n) is 13.2. The molecule has 0 fully saturated rings. The van der Waals surface area contributed by atoms with Crippen LogP contribution < -0.4 is 5.32 Å². The number of halogens is 1. The van der Waals surface area contributed by atoms with Crippen LogP contribution in [0.3, 0.4) is 0 Å². The first kappa shape index (κ1) is 16.7. The highest BCUT2D eigenvalue weighted by atomic mass is 127. The molecule has 0 aromatic heterocycles. The average Bonchev–Trinajstić information content (AvgIpc) is 2.63. The smallest absolute Gasteiger partial charge is 0.225 e. The molecule has 24 heavy (non-hydrogen) atoms. The molecule has 120 valence electrons. The Balaban J connectivity index is 1.79. The van der Waals surface area contributed by atoms with Crippen LogP contribution >= 0.6 is 22.6 Å². The molecular formula is C21H18INO. The number of carbonyl (C=O) groups is 1. The van der Waals surface area contributed by atoms with Crippen LogP contribution in [0.1, 0.15) is 23.5 Å². The number of anilines is 1. The number of benzene rings is 3. The van der Waals surface area contributed by atoms with Crippen LogP contribution in [0.5, 0.6) is 0 Å². The average molecular weight is 427 g/mol. The van der Waals surface area contributed by atoms with Crippen LogP contribution in [0.2, 0.25) is 0 Å². The maximum Gasteiger partial charge on any atom is 0.225 e. The van der Waals surface area contributed by atoms with Crippen molar-refractivity contribution in [1.82, 2.24) is 0 Å². The van der Waals surface area contributed by atoms with Gasteiger partial charge in [-0.2, -0.15) is 0 Å². The molecule has 0 spiro atoms. The van der Waals surface area contributed by atoms with E-state index in [1.165, 1.54) is 0 Å². The molecule has 3 heteroatoms. The first-order valence-electron chi connectivity index (χ1n) is 7.87. The Morgan fingerprint density at radius 2 is 1.29 bits per heavy atom. The summed E-state index contributed by atoms with van der Waals surface area (Å²) in [6, 6.07) is 28.2. The van der Waals surface area contributed by atoms with Gasteiger partial charge in [-0.1, -0.05) is 60.7 Å². The van der Waals surface area contributed by atoms with Crippen molar-refractivity contribution < 1.29 is 4.79 Å². The number of hydrogen-bond donors (Lipinski definition) is 1. The zero-order valence-corrected chi connectivity index (χ0v) is 15.3. The van der Waals surface area contributed by atoms with Gasteiger partial charge in [0.25, 0.3) is 0 Å². The molecular weight excluding hydrogens is 409 g/mol. The van der Waals surface area contributed by atoms with Crippen molar-refractivity contribution >= 4 is 34.2 Å². The van der Waals surface area contributed by atoms with Crippen LogP contribution in [0.4, 0.5) is 5.69 Å². The second-order valence-corrected chi connectivity index (χ2v) is 6.88. The van der Waals surface area contributed by atoms with E-state index in [-0.39, 0.29) is 11.8 Å². The Bertz CT molecular complexity index is 746. The van der Waals surface area contributed by atoms with Gasteiger partial charge in [0.15, 0.2) is 0 Å². The van der Waals surface area contributed by atoms with Gasteiger partial charge in [0.2, 0.25) is 5.91 Å². The van der Waals surface area contributed by atoms with Crippen LogP contribution in [0.25, 0.3) is 0 Å². The number of carbonyl (C=O) groups excluding carboxylic acids is 1. The lowest BCUT2D eigenvalue weighted by Crippen LogP contribution is -2.16. The van der Waals surface area contributed by atoms with Gasteiger partial charge >= 0.3 is 0 Å². The summed E-state index contributed by atoms with van der Waals surface area (Å²) in [6.07, 6.45) is 0.417. The van der Waals surface area contributed by atoms with Crippen LogP contribution in [-0.2, 0) is 4.79 Å². The van der Waals surface area contributed by atoms with Gasteiger partial charge in [-0.05, 0) is 58.0 Å². The lowest BCUT2D eigenvalue weighted by atomic mass is 9.88. The topological polar surface area (TPSA) is 29.1 Å². The minimum atomic E-state index is 0.0221. The summed E-state index contributed by atoms with van der Waals surface area (Å²) in [4.78, 5) is 12.5. The third-order valence-electron chi connectivity index (χ3n) is 3.92. The highest BCUT2D eigenvalue weighted by Gasteiger charge is 2.18. The highest BCUT2D eigenvalue weighted by Crippen LogP contribution is 2.28. The Labute approximate surface area is 156 Å². The molecule has 2 nitrogen and oxygen atoms in total. The largest absolute Gasteiger partial charge is 0.326 e. The molecule has 0 saturated carbocycles. The minimum Gasteiger partial charge on any atom is -0.326 e. The quantitative estimate of drug-likeness (QED) is 0.539. The van der Waals surface area contributed by atoms with Crippen LogP contribution in [0, 0.1) is 3.57 Å². The molecule has 1 amide bonds. The van der Waals surface area contributed by atoms with Crippen molar-refractivity contribution in [3.63, 3.8) is 0 Å². The fourth-order valence-electron chi connectivity index (χ4n) is 2.73. The second kappa shape index (κ2) is 8.11. The zero-order chi connectivity index (χ0) is 16.8. The van der Waals surface area contributed by atoms with E-state index in [1.54, 1.807) is 0 Å². The van der Waals surface area contributed by atoms with Gasteiger partial charge in [0, 0.05) is 21.6 Å². The van der Waals surface area contributed by atoms with Gasteiger partial charge in [-0.15, -0.1) is 0 Å². The molecule has 0 aliphatic carbocycles. The molecule has 0 aliphatic rings. The molecule has 1 N–H and O–H groups in total. The van der Waals surface area contributed by atoms with E-state index in [0.717, 1.165) is 20.4 Å². The van der Waals surface area contributed by atoms with Gasteiger partial charge in [0.1, 0.15) is 0 Å². The predicted octanol–water partition coefficient (Wildman–Crippen LogP) is 5.45. The Kier molecular flexibility index (Phi) is 5.64. The monoisotopic (exact) mass is 427 g/mol.